The maximum absolute atomic E-state index is 5.84. The van der Waals surface area contributed by atoms with E-state index in [1.807, 2.05) is 38.4 Å². The van der Waals surface area contributed by atoms with Crippen LogP contribution in [-0.4, -0.2) is 43.2 Å². The predicted molar refractivity (Wildman–Crippen MR) is 117 cm³/mol. The topological polar surface area (TPSA) is 90.9 Å². The Balaban J connectivity index is 1.53. The van der Waals surface area contributed by atoms with Crippen molar-refractivity contribution in [1.82, 2.24) is 24.7 Å². The summed E-state index contributed by atoms with van der Waals surface area (Å²) in [6, 6.07) is 4.17. The van der Waals surface area contributed by atoms with Gasteiger partial charge in [0.05, 0.1) is 0 Å². The third-order valence-electron chi connectivity index (χ3n) is 5.46. The molecule has 1 aliphatic rings. The highest BCUT2D eigenvalue weighted by Crippen LogP contribution is 2.34. The second-order valence-corrected chi connectivity index (χ2v) is 8.99. The molecule has 1 aliphatic heterocycles. The molecule has 3 aromatic rings. The molecule has 30 heavy (non-hydrogen) atoms. The number of nitrogens with zero attached hydrogens (tertiary/aromatic N) is 5. The molecule has 0 aromatic carbocycles. The largest absolute Gasteiger partial charge is 0.458 e. The van der Waals surface area contributed by atoms with Crippen molar-refractivity contribution in [3.63, 3.8) is 0 Å². The lowest BCUT2D eigenvalue weighted by atomic mass is 10.1. The van der Waals surface area contributed by atoms with E-state index in [1.165, 1.54) is 0 Å². The standard InChI is InChI=1S/C21H28N6O2S/c1-13-11-22-19(23-12-13)15(3)16(4)30-26-21-25-24-20(18-6-5-14(2)29-18)27(21)17-7-9-28-10-8-17/h5-6,11-12,15-17H,7-10H2,1-4H3,(H,25,26). The van der Waals surface area contributed by atoms with Crippen molar-refractivity contribution in [3.8, 4) is 11.6 Å². The first-order valence-corrected chi connectivity index (χ1v) is 11.2. The molecule has 0 aliphatic carbocycles. The molecule has 0 saturated carbocycles. The maximum atomic E-state index is 5.84. The van der Waals surface area contributed by atoms with Crippen LogP contribution in [-0.2, 0) is 4.74 Å². The molecule has 4 heterocycles. The van der Waals surface area contributed by atoms with Crippen molar-refractivity contribution in [1.29, 1.82) is 0 Å². The zero-order valence-corrected chi connectivity index (χ0v) is 18.6. The number of furan rings is 1. The van der Waals surface area contributed by atoms with Gasteiger partial charge in [-0.25, -0.2) is 9.97 Å². The second kappa shape index (κ2) is 9.18. The number of ether oxygens (including phenoxy) is 1. The zero-order valence-electron chi connectivity index (χ0n) is 17.8. The van der Waals surface area contributed by atoms with E-state index in [0.29, 0.717) is 0 Å². The highest BCUT2D eigenvalue weighted by atomic mass is 32.2. The fraction of sp³-hybridized carbons (Fsp3) is 0.524. The van der Waals surface area contributed by atoms with Crippen molar-refractivity contribution in [2.24, 2.45) is 0 Å². The first-order chi connectivity index (χ1) is 14.5. The Labute approximate surface area is 181 Å². The van der Waals surface area contributed by atoms with Crippen LogP contribution in [0.25, 0.3) is 11.6 Å². The quantitative estimate of drug-likeness (QED) is 0.548. The van der Waals surface area contributed by atoms with Gasteiger partial charge in [-0.2, -0.15) is 0 Å². The minimum atomic E-state index is 0.190. The molecule has 1 fully saturated rings. The zero-order chi connectivity index (χ0) is 21.1. The van der Waals surface area contributed by atoms with Crippen molar-refractivity contribution >= 4 is 17.9 Å². The Morgan fingerprint density at radius 1 is 1.10 bits per heavy atom. The van der Waals surface area contributed by atoms with Crippen LogP contribution in [0.3, 0.4) is 0 Å². The van der Waals surface area contributed by atoms with Gasteiger partial charge in [0, 0.05) is 42.8 Å². The van der Waals surface area contributed by atoms with E-state index in [0.717, 1.165) is 60.7 Å². The normalized spacial score (nSPS) is 17.1. The Bertz CT molecular complexity index is 964. The number of aromatic nitrogens is 5. The number of hydrogen-bond donors (Lipinski definition) is 1. The van der Waals surface area contributed by atoms with E-state index in [-0.39, 0.29) is 17.2 Å². The lowest BCUT2D eigenvalue weighted by Gasteiger charge is -2.26. The van der Waals surface area contributed by atoms with E-state index < -0.39 is 0 Å². The summed E-state index contributed by atoms with van der Waals surface area (Å²) in [6.07, 6.45) is 5.58. The van der Waals surface area contributed by atoms with Crippen LogP contribution < -0.4 is 4.72 Å². The molecule has 160 valence electrons. The van der Waals surface area contributed by atoms with Gasteiger partial charge in [-0.3, -0.25) is 9.29 Å². The Kier molecular flexibility index (Phi) is 6.38. The van der Waals surface area contributed by atoms with E-state index in [1.54, 1.807) is 11.9 Å². The maximum Gasteiger partial charge on any atom is 0.235 e. The summed E-state index contributed by atoms with van der Waals surface area (Å²) in [5.74, 6) is 4.12. The van der Waals surface area contributed by atoms with Crippen LogP contribution in [0.15, 0.2) is 28.9 Å². The average molecular weight is 429 g/mol. The molecule has 3 aromatic heterocycles. The highest BCUT2D eigenvalue weighted by Gasteiger charge is 2.26. The van der Waals surface area contributed by atoms with E-state index >= 15 is 0 Å². The summed E-state index contributed by atoms with van der Waals surface area (Å²) in [7, 11) is 0. The van der Waals surface area contributed by atoms with Crippen molar-refractivity contribution in [2.45, 2.75) is 57.7 Å². The second-order valence-electron chi connectivity index (χ2n) is 7.80. The minimum absolute atomic E-state index is 0.190. The van der Waals surface area contributed by atoms with Crippen molar-refractivity contribution in [2.75, 3.05) is 17.9 Å². The molecule has 1 saturated heterocycles. The fourth-order valence-electron chi connectivity index (χ4n) is 3.47. The molecule has 2 unspecified atom stereocenters. The molecule has 4 rings (SSSR count). The molecule has 8 nitrogen and oxygen atoms in total. The number of rotatable bonds is 7. The number of hydrogen-bond acceptors (Lipinski definition) is 8. The van der Waals surface area contributed by atoms with Crippen LogP contribution >= 0.6 is 11.9 Å². The molecular weight excluding hydrogens is 400 g/mol. The first kappa shape index (κ1) is 20.9. The summed E-state index contributed by atoms with van der Waals surface area (Å²) < 4.78 is 17.0. The first-order valence-electron chi connectivity index (χ1n) is 10.3. The van der Waals surface area contributed by atoms with Crippen LogP contribution in [0.4, 0.5) is 5.95 Å². The number of aryl methyl sites for hydroxylation is 2. The van der Waals surface area contributed by atoms with Crippen LogP contribution in [0, 0.1) is 13.8 Å². The average Bonchev–Trinajstić information content (AvgIpc) is 3.38. The van der Waals surface area contributed by atoms with E-state index in [4.69, 9.17) is 9.15 Å². The molecular formula is C21H28N6O2S. The van der Waals surface area contributed by atoms with Crippen LogP contribution in [0.1, 0.15) is 55.8 Å². The summed E-state index contributed by atoms with van der Waals surface area (Å²) in [6.45, 7) is 9.72. The van der Waals surface area contributed by atoms with Gasteiger partial charge in [-0.1, -0.05) is 13.8 Å². The van der Waals surface area contributed by atoms with Gasteiger partial charge >= 0.3 is 0 Å². The van der Waals surface area contributed by atoms with Gasteiger partial charge in [0.15, 0.2) is 5.76 Å². The fourth-order valence-corrected chi connectivity index (χ4v) is 4.22. The molecule has 0 bridgehead atoms. The molecule has 0 spiro atoms. The molecule has 1 N–H and O–H groups in total. The summed E-state index contributed by atoms with van der Waals surface area (Å²) in [5, 5.41) is 9.12. The predicted octanol–water partition coefficient (Wildman–Crippen LogP) is 4.55. The van der Waals surface area contributed by atoms with Gasteiger partial charge in [0.1, 0.15) is 11.6 Å². The summed E-state index contributed by atoms with van der Waals surface area (Å²) in [4.78, 5) is 8.96. The lowest BCUT2D eigenvalue weighted by molar-refractivity contribution is 0.0703. The van der Waals surface area contributed by atoms with Gasteiger partial charge in [0.25, 0.3) is 0 Å². The molecule has 2 atom stereocenters. The van der Waals surface area contributed by atoms with Gasteiger partial charge in [0.2, 0.25) is 11.8 Å². The third-order valence-corrected chi connectivity index (χ3v) is 6.54. The van der Waals surface area contributed by atoms with E-state index in [9.17, 15) is 0 Å². The summed E-state index contributed by atoms with van der Waals surface area (Å²) in [5.41, 5.74) is 1.06. The monoisotopic (exact) mass is 428 g/mol. The van der Waals surface area contributed by atoms with Crippen LogP contribution in [0.5, 0.6) is 0 Å². The van der Waals surface area contributed by atoms with Gasteiger partial charge in [-0.15, -0.1) is 10.2 Å². The number of anilines is 1. The summed E-state index contributed by atoms with van der Waals surface area (Å²) >= 11 is 1.61. The smallest absolute Gasteiger partial charge is 0.235 e. The molecule has 0 amide bonds. The Morgan fingerprint density at radius 2 is 1.83 bits per heavy atom. The van der Waals surface area contributed by atoms with Gasteiger partial charge in [-0.05, 0) is 56.3 Å². The SMILES string of the molecule is Cc1cnc(C(C)C(C)SNc2nnc(-c3ccc(C)o3)n2C2CCOCC2)nc1. The minimum Gasteiger partial charge on any atom is -0.458 e. The Hall–Kier alpha value is -2.39. The van der Waals surface area contributed by atoms with Crippen LogP contribution in [0.2, 0.25) is 0 Å². The molecule has 0 radical (unpaired) electrons. The third kappa shape index (κ3) is 4.52. The number of nitrogens with one attached hydrogen (secondary N) is 1. The Morgan fingerprint density at radius 3 is 2.50 bits per heavy atom. The highest BCUT2D eigenvalue weighted by molar-refractivity contribution is 8.01. The lowest BCUT2D eigenvalue weighted by Crippen LogP contribution is -2.22. The van der Waals surface area contributed by atoms with Crippen molar-refractivity contribution < 1.29 is 9.15 Å². The van der Waals surface area contributed by atoms with Crippen molar-refractivity contribution in [3.05, 3.63) is 41.7 Å². The van der Waals surface area contributed by atoms with Gasteiger partial charge < -0.3 is 9.15 Å². The molecule has 9 heteroatoms. The van der Waals surface area contributed by atoms with E-state index in [2.05, 4.69) is 43.3 Å².